The zero-order chi connectivity index (χ0) is 25.1. The van der Waals surface area contributed by atoms with Gasteiger partial charge in [0.15, 0.2) is 5.78 Å². The smallest absolute Gasteiger partial charge is 0.167 e. The molecule has 2 aliphatic rings. The number of phenolic OH excluding ortho intramolecular Hbond substituents is 3. The van der Waals surface area contributed by atoms with Gasteiger partial charge < -0.3 is 20.1 Å². The molecule has 188 valence electrons. The highest BCUT2D eigenvalue weighted by atomic mass is 16.5. The minimum atomic E-state index is -0.169. The summed E-state index contributed by atoms with van der Waals surface area (Å²) in [7, 11) is 0. The van der Waals surface area contributed by atoms with Gasteiger partial charge >= 0.3 is 0 Å². The van der Waals surface area contributed by atoms with Gasteiger partial charge in [-0.1, -0.05) is 30.7 Å². The van der Waals surface area contributed by atoms with Gasteiger partial charge in [-0.25, -0.2) is 0 Å². The highest BCUT2D eigenvalue weighted by molar-refractivity contribution is 6.02. The molecule has 36 heavy (non-hydrogen) atoms. The molecule has 1 heterocycles. The average Bonchev–Trinajstić information content (AvgIpc) is 2.88. The SMILES string of the molecule is O=C1CC(c2ccc(O)cc2)Cc2c(Cc3ccc(OCCN4CCCCC4)cc3)c(O)cc(O)c21. The predicted octanol–water partition coefficient (Wildman–Crippen LogP) is 5.17. The Morgan fingerprint density at radius 3 is 2.31 bits per heavy atom. The normalized spacial score (nSPS) is 18.1. The van der Waals surface area contributed by atoms with Crippen molar-refractivity contribution in [1.82, 2.24) is 4.90 Å². The van der Waals surface area contributed by atoms with E-state index in [2.05, 4.69) is 4.90 Å². The Balaban J connectivity index is 1.32. The second kappa shape index (κ2) is 10.6. The number of ether oxygens (including phenoxy) is 1. The van der Waals surface area contributed by atoms with E-state index < -0.39 is 0 Å². The molecule has 1 unspecified atom stereocenters. The Bertz CT molecular complexity index is 1210. The zero-order valence-corrected chi connectivity index (χ0v) is 20.4. The van der Waals surface area contributed by atoms with Gasteiger partial charge in [0, 0.05) is 31.0 Å². The number of likely N-dealkylation sites (tertiary alicyclic amines) is 1. The minimum Gasteiger partial charge on any atom is -0.508 e. The topological polar surface area (TPSA) is 90.2 Å². The Kier molecular flexibility index (Phi) is 7.14. The fraction of sp³-hybridized carbons (Fsp3) is 0.367. The van der Waals surface area contributed by atoms with Crippen molar-refractivity contribution < 1.29 is 24.9 Å². The number of aromatic hydroxyl groups is 3. The van der Waals surface area contributed by atoms with E-state index in [9.17, 15) is 20.1 Å². The number of hydrogen-bond acceptors (Lipinski definition) is 6. The molecule has 0 spiro atoms. The summed E-state index contributed by atoms with van der Waals surface area (Å²) in [5.74, 6) is 0.600. The molecule has 1 aliphatic carbocycles. The average molecular weight is 488 g/mol. The molecule has 6 nitrogen and oxygen atoms in total. The number of ketones is 1. The van der Waals surface area contributed by atoms with Crippen LogP contribution in [0, 0.1) is 0 Å². The fourth-order valence-corrected chi connectivity index (χ4v) is 5.49. The highest BCUT2D eigenvalue weighted by Gasteiger charge is 2.32. The van der Waals surface area contributed by atoms with Crippen LogP contribution in [-0.4, -0.2) is 52.2 Å². The molecule has 3 aromatic rings. The standard InChI is InChI=1S/C30H33NO5/c32-23-8-6-21(7-9-23)22-17-26-25(27(33)19-29(35)30(26)28(34)18-22)16-20-4-10-24(11-5-20)36-15-14-31-12-2-1-3-13-31/h4-11,19,22,32-33,35H,1-3,12-18H2. The Labute approximate surface area is 211 Å². The molecule has 0 amide bonds. The minimum absolute atomic E-state index is 0.00716. The largest absolute Gasteiger partial charge is 0.508 e. The van der Waals surface area contributed by atoms with E-state index in [1.54, 1.807) is 12.1 Å². The van der Waals surface area contributed by atoms with E-state index in [-0.39, 0.29) is 35.4 Å². The maximum absolute atomic E-state index is 13.0. The second-order valence-corrected chi connectivity index (χ2v) is 9.94. The second-order valence-electron chi connectivity index (χ2n) is 9.94. The van der Waals surface area contributed by atoms with Crippen molar-refractivity contribution >= 4 is 5.78 Å². The number of piperidine rings is 1. The van der Waals surface area contributed by atoms with Crippen molar-refractivity contribution in [1.29, 1.82) is 0 Å². The van der Waals surface area contributed by atoms with Crippen LogP contribution in [0.1, 0.15) is 64.2 Å². The molecular formula is C30H33NO5. The van der Waals surface area contributed by atoms with Gasteiger partial charge in [0.1, 0.15) is 29.6 Å². The van der Waals surface area contributed by atoms with Crippen molar-refractivity contribution in [3.8, 4) is 23.0 Å². The lowest BCUT2D eigenvalue weighted by atomic mass is 9.76. The van der Waals surface area contributed by atoms with Crippen LogP contribution in [0.25, 0.3) is 0 Å². The number of carbonyl (C=O) groups is 1. The van der Waals surface area contributed by atoms with Crippen LogP contribution in [0.5, 0.6) is 23.0 Å². The van der Waals surface area contributed by atoms with Crippen molar-refractivity contribution in [2.24, 2.45) is 0 Å². The number of rotatable bonds is 7. The maximum atomic E-state index is 13.0. The number of Topliss-reactive ketones (excluding diaryl/α,β-unsaturated/α-hetero) is 1. The number of benzene rings is 3. The van der Waals surface area contributed by atoms with Gasteiger partial charge in [-0.05, 0) is 79.2 Å². The van der Waals surface area contributed by atoms with Crippen molar-refractivity contribution in [3.05, 3.63) is 82.4 Å². The van der Waals surface area contributed by atoms with Crippen LogP contribution in [-0.2, 0) is 12.8 Å². The van der Waals surface area contributed by atoms with Crippen LogP contribution in [0.2, 0.25) is 0 Å². The van der Waals surface area contributed by atoms with Crippen molar-refractivity contribution in [3.63, 3.8) is 0 Å². The van der Waals surface area contributed by atoms with E-state index in [1.807, 2.05) is 36.4 Å². The summed E-state index contributed by atoms with van der Waals surface area (Å²) in [5, 5.41) is 30.8. The summed E-state index contributed by atoms with van der Waals surface area (Å²) in [6.45, 7) is 3.90. The van der Waals surface area contributed by atoms with Gasteiger partial charge in [-0.15, -0.1) is 0 Å². The maximum Gasteiger partial charge on any atom is 0.167 e. The third kappa shape index (κ3) is 5.34. The van der Waals surface area contributed by atoms with E-state index in [1.165, 1.54) is 25.3 Å². The first-order valence-electron chi connectivity index (χ1n) is 12.8. The molecule has 1 aliphatic heterocycles. The summed E-state index contributed by atoms with van der Waals surface area (Å²) < 4.78 is 5.94. The predicted molar refractivity (Wildman–Crippen MR) is 138 cm³/mol. The molecule has 3 aromatic carbocycles. The third-order valence-electron chi connectivity index (χ3n) is 7.46. The lowest BCUT2D eigenvalue weighted by Gasteiger charge is -2.27. The van der Waals surface area contributed by atoms with E-state index in [0.29, 0.717) is 36.1 Å². The molecule has 0 saturated carbocycles. The Morgan fingerprint density at radius 2 is 1.58 bits per heavy atom. The molecule has 0 aromatic heterocycles. The molecule has 0 bridgehead atoms. The number of fused-ring (bicyclic) bond motifs is 1. The van der Waals surface area contributed by atoms with Crippen LogP contribution in [0.3, 0.4) is 0 Å². The van der Waals surface area contributed by atoms with Gasteiger partial charge in [-0.3, -0.25) is 9.69 Å². The first kappa shape index (κ1) is 24.2. The molecule has 0 radical (unpaired) electrons. The van der Waals surface area contributed by atoms with Crippen molar-refractivity contribution in [2.75, 3.05) is 26.2 Å². The molecule has 5 rings (SSSR count). The summed E-state index contributed by atoms with van der Waals surface area (Å²) in [5.41, 5.74) is 3.62. The first-order chi connectivity index (χ1) is 17.5. The Hall–Kier alpha value is -3.51. The van der Waals surface area contributed by atoms with Crippen LogP contribution in [0.15, 0.2) is 54.6 Å². The van der Waals surface area contributed by atoms with Gasteiger partial charge in [-0.2, -0.15) is 0 Å². The molecule has 1 atom stereocenters. The number of carbonyl (C=O) groups excluding carboxylic acids is 1. The lowest BCUT2D eigenvalue weighted by molar-refractivity contribution is 0.0961. The highest BCUT2D eigenvalue weighted by Crippen LogP contribution is 2.42. The van der Waals surface area contributed by atoms with Crippen LogP contribution >= 0.6 is 0 Å². The van der Waals surface area contributed by atoms with Gasteiger partial charge in [0.25, 0.3) is 0 Å². The number of nitrogens with zero attached hydrogens (tertiary/aromatic N) is 1. The van der Waals surface area contributed by atoms with Crippen LogP contribution in [0.4, 0.5) is 0 Å². The Morgan fingerprint density at radius 1 is 0.861 bits per heavy atom. The summed E-state index contributed by atoms with van der Waals surface area (Å²) in [6.07, 6.45) is 5.11. The monoisotopic (exact) mass is 487 g/mol. The third-order valence-corrected chi connectivity index (χ3v) is 7.46. The quantitative estimate of drug-likeness (QED) is 0.426. The van der Waals surface area contributed by atoms with Gasteiger partial charge in [0.2, 0.25) is 0 Å². The van der Waals surface area contributed by atoms with E-state index >= 15 is 0 Å². The summed E-state index contributed by atoms with van der Waals surface area (Å²) in [6, 6.07) is 16.0. The van der Waals surface area contributed by atoms with E-state index in [0.717, 1.165) is 36.5 Å². The zero-order valence-electron chi connectivity index (χ0n) is 20.4. The molecular weight excluding hydrogens is 454 g/mol. The molecule has 6 heteroatoms. The molecule has 3 N–H and O–H groups in total. The summed E-state index contributed by atoms with van der Waals surface area (Å²) in [4.78, 5) is 15.5. The lowest BCUT2D eigenvalue weighted by Crippen LogP contribution is -2.33. The number of phenols is 3. The molecule has 1 saturated heterocycles. The first-order valence-corrected chi connectivity index (χ1v) is 12.8. The molecule has 1 fully saturated rings. The van der Waals surface area contributed by atoms with Gasteiger partial charge in [0.05, 0.1) is 5.56 Å². The van der Waals surface area contributed by atoms with Crippen molar-refractivity contribution in [2.45, 2.75) is 44.4 Å². The van der Waals surface area contributed by atoms with Crippen LogP contribution < -0.4 is 4.74 Å². The summed E-state index contributed by atoms with van der Waals surface area (Å²) >= 11 is 0. The van der Waals surface area contributed by atoms with E-state index in [4.69, 9.17) is 4.74 Å². The number of hydrogen-bond donors (Lipinski definition) is 3. The fourth-order valence-electron chi connectivity index (χ4n) is 5.49.